The van der Waals surface area contributed by atoms with E-state index in [1.165, 1.54) is 6.42 Å². The van der Waals surface area contributed by atoms with Gasteiger partial charge in [-0.1, -0.05) is 67.8 Å². The molecule has 1 aliphatic rings. The zero-order valence-corrected chi connectivity index (χ0v) is 14.4. The molecular formula is C21H25NO3. The number of phenolic OH excluding ortho intramolecular Hbond substituents is 1. The summed E-state index contributed by atoms with van der Waals surface area (Å²) >= 11 is 0. The Morgan fingerprint density at radius 1 is 1.00 bits per heavy atom. The van der Waals surface area contributed by atoms with E-state index < -0.39 is 0 Å². The zero-order chi connectivity index (χ0) is 17.5. The first kappa shape index (κ1) is 17.3. The molecule has 2 aromatic rings. The minimum absolute atomic E-state index is 0.177. The molecule has 0 saturated heterocycles. The highest BCUT2D eigenvalue weighted by molar-refractivity contribution is 5.68. The highest BCUT2D eigenvalue weighted by atomic mass is 16.6. The van der Waals surface area contributed by atoms with Gasteiger partial charge in [0.25, 0.3) is 0 Å². The first-order chi connectivity index (χ1) is 12.2. The van der Waals surface area contributed by atoms with Crippen LogP contribution in [0.5, 0.6) is 5.75 Å². The van der Waals surface area contributed by atoms with Crippen LogP contribution >= 0.6 is 0 Å². The number of benzene rings is 2. The van der Waals surface area contributed by atoms with E-state index in [2.05, 4.69) is 0 Å². The van der Waals surface area contributed by atoms with Gasteiger partial charge in [-0.3, -0.25) is 0 Å². The first-order valence-corrected chi connectivity index (χ1v) is 8.98. The highest BCUT2D eigenvalue weighted by Crippen LogP contribution is 2.27. The lowest BCUT2D eigenvalue weighted by atomic mass is 9.94. The molecule has 0 aliphatic heterocycles. The molecule has 4 nitrogen and oxygen atoms in total. The third kappa shape index (κ3) is 4.75. The van der Waals surface area contributed by atoms with Gasteiger partial charge in [0.1, 0.15) is 12.4 Å². The number of nitrogens with zero attached hydrogens (tertiary/aromatic N) is 1. The Bertz CT molecular complexity index is 681. The van der Waals surface area contributed by atoms with Gasteiger partial charge in [-0.05, 0) is 24.5 Å². The number of rotatable bonds is 5. The van der Waals surface area contributed by atoms with Crippen LogP contribution in [0.15, 0.2) is 54.6 Å². The topological polar surface area (TPSA) is 49.8 Å². The zero-order valence-electron chi connectivity index (χ0n) is 14.4. The van der Waals surface area contributed by atoms with Crippen molar-refractivity contribution in [2.24, 2.45) is 0 Å². The van der Waals surface area contributed by atoms with Crippen molar-refractivity contribution in [3.05, 3.63) is 65.7 Å². The molecule has 1 N–H and O–H groups in total. The molecule has 0 atom stereocenters. The smallest absolute Gasteiger partial charge is 0.410 e. The van der Waals surface area contributed by atoms with Crippen LogP contribution in [0.2, 0.25) is 0 Å². The van der Waals surface area contributed by atoms with Crippen LogP contribution in [0.3, 0.4) is 0 Å². The van der Waals surface area contributed by atoms with Crippen LogP contribution in [0.25, 0.3) is 0 Å². The Morgan fingerprint density at radius 2 is 1.68 bits per heavy atom. The fourth-order valence-corrected chi connectivity index (χ4v) is 3.37. The normalized spacial score (nSPS) is 14.9. The molecule has 1 amide bonds. The Hall–Kier alpha value is -2.49. The lowest BCUT2D eigenvalue weighted by Gasteiger charge is -2.33. The monoisotopic (exact) mass is 339 g/mol. The van der Waals surface area contributed by atoms with Crippen LogP contribution < -0.4 is 0 Å². The van der Waals surface area contributed by atoms with E-state index in [1.54, 1.807) is 17.0 Å². The van der Waals surface area contributed by atoms with Gasteiger partial charge >= 0.3 is 6.09 Å². The molecule has 132 valence electrons. The summed E-state index contributed by atoms with van der Waals surface area (Å²) in [6.45, 7) is 0.647. The van der Waals surface area contributed by atoms with Crippen molar-refractivity contribution in [1.29, 1.82) is 0 Å². The van der Waals surface area contributed by atoms with Gasteiger partial charge in [0.05, 0.1) is 6.54 Å². The van der Waals surface area contributed by atoms with Crippen LogP contribution in [-0.2, 0) is 17.9 Å². The number of para-hydroxylation sites is 1. The summed E-state index contributed by atoms with van der Waals surface area (Å²) in [5.74, 6) is 0.221. The quantitative estimate of drug-likeness (QED) is 0.846. The molecule has 0 radical (unpaired) electrons. The van der Waals surface area contributed by atoms with Gasteiger partial charge in [0.15, 0.2) is 0 Å². The largest absolute Gasteiger partial charge is 0.508 e. The van der Waals surface area contributed by atoms with E-state index in [1.807, 2.05) is 42.5 Å². The number of carbonyl (C=O) groups excluding carboxylic acids is 1. The molecule has 1 aliphatic carbocycles. The van der Waals surface area contributed by atoms with Crippen molar-refractivity contribution in [2.75, 3.05) is 0 Å². The summed E-state index contributed by atoms with van der Waals surface area (Å²) in [4.78, 5) is 14.5. The molecule has 1 fully saturated rings. The Labute approximate surface area is 149 Å². The van der Waals surface area contributed by atoms with Crippen molar-refractivity contribution in [1.82, 2.24) is 4.90 Å². The summed E-state index contributed by atoms with van der Waals surface area (Å²) in [6.07, 6.45) is 5.17. The van der Waals surface area contributed by atoms with Crippen molar-refractivity contribution in [3.63, 3.8) is 0 Å². The Balaban J connectivity index is 1.70. The van der Waals surface area contributed by atoms with Crippen molar-refractivity contribution >= 4 is 6.09 Å². The molecule has 2 aromatic carbocycles. The number of hydrogen-bond donors (Lipinski definition) is 1. The average Bonchev–Trinajstić information content (AvgIpc) is 2.67. The SMILES string of the molecule is O=C(OCc1ccccc1)N(Cc1ccccc1O)C1CCCCC1. The second-order valence-corrected chi connectivity index (χ2v) is 6.59. The Kier molecular flexibility index (Phi) is 5.94. The molecule has 0 spiro atoms. The molecule has 3 rings (SSSR count). The van der Waals surface area contributed by atoms with E-state index in [-0.39, 0.29) is 24.5 Å². The van der Waals surface area contributed by atoms with E-state index in [0.29, 0.717) is 6.54 Å². The van der Waals surface area contributed by atoms with E-state index >= 15 is 0 Å². The third-order valence-corrected chi connectivity index (χ3v) is 4.79. The van der Waals surface area contributed by atoms with E-state index in [9.17, 15) is 9.90 Å². The average molecular weight is 339 g/mol. The van der Waals surface area contributed by atoms with Crippen LogP contribution in [0.1, 0.15) is 43.2 Å². The van der Waals surface area contributed by atoms with Crippen molar-refractivity contribution in [3.8, 4) is 5.75 Å². The lowest BCUT2D eigenvalue weighted by molar-refractivity contribution is 0.0680. The first-order valence-electron chi connectivity index (χ1n) is 8.98. The second kappa shape index (κ2) is 8.56. The fourth-order valence-electron chi connectivity index (χ4n) is 3.37. The molecule has 0 bridgehead atoms. The predicted molar refractivity (Wildman–Crippen MR) is 97.1 cm³/mol. The van der Waals surface area contributed by atoms with Gasteiger partial charge in [0.2, 0.25) is 0 Å². The maximum Gasteiger partial charge on any atom is 0.410 e. The minimum atomic E-state index is -0.306. The lowest BCUT2D eigenvalue weighted by Crippen LogP contribution is -2.41. The van der Waals surface area contributed by atoms with Crippen LogP contribution in [0, 0.1) is 0 Å². The molecule has 0 aromatic heterocycles. The maximum atomic E-state index is 12.8. The number of carbonyl (C=O) groups is 1. The van der Waals surface area contributed by atoms with Gasteiger partial charge in [-0.25, -0.2) is 4.79 Å². The van der Waals surface area contributed by atoms with Crippen molar-refractivity contribution < 1.29 is 14.6 Å². The van der Waals surface area contributed by atoms with E-state index in [0.717, 1.165) is 36.8 Å². The summed E-state index contributed by atoms with van der Waals surface area (Å²) in [5, 5.41) is 10.1. The summed E-state index contributed by atoms with van der Waals surface area (Å²) in [7, 11) is 0. The number of aromatic hydroxyl groups is 1. The number of phenols is 1. The van der Waals surface area contributed by atoms with Gasteiger partial charge in [-0.15, -0.1) is 0 Å². The molecule has 0 unspecified atom stereocenters. The number of amides is 1. The molecule has 4 heteroatoms. The summed E-state index contributed by atoms with van der Waals surface area (Å²) < 4.78 is 5.56. The second-order valence-electron chi connectivity index (χ2n) is 6.59. The van der Waals surface area contributed by atoms with E-state index in [4.69, 9.17) is 4.74 Å². The standard InChI is InChI=1S/C21H25NO3/c23-20-14-8-7-11-18(20)15-22(19-12-5-2-6-13-19)21(24)25-16-17-9-3-1-4-10-17/h1,3-4,7-11,14,19,23H,2,5-6,12-13,15-16H2. The van der Waals surface area contributed by atoms with Gasteiger partial charge in [0, 0.05) is 11.6 Å². The summed E-state index contributed by atoms with van der Waals surface area (Å²) in [5.41, 5.74) is 1.73. The predicted octanol–water partition coefficient (Wildman–Crippen LogP) is 4.86. The molecule has 1 saturated carbocycles. The van der Waals surface area contributed by atoms with Gasteiger partial charge in [-0.2, -0.15) is 0 Å². The Morgan fingerprint density at radius 3 is 2.40 bits per heavy atom. The fraction of sp³-hybridized carbons (Fsp3) is 0.381. The highest BCUT2D eigenvalue weighted by Gasteiger charge is 2.27. The number of hydrogen-bond acceptors (Lipinski definition) is 3. The van der Waals surface area contributed by atoms with Crippen LogP contribution in [0.4, 0.5) is 4.79 Å². The molecule has 0 heterocycles. The third-order valence-electron chi connectivity index (χ3n) is 4.79. The maximum absolute atomic E-state index is 12.8. The minimum Gasteiger partial charge on any atom is -0.508 e. The van der Waals surface area contributed by atoms with Crippen LogP contribution in [-0.4, -0.2) is 22.1 Å². The van der Waals surface area contributed by atoms with Gasteiger partial charge < -0.3 is 14.7 Å². The van der Waals surface area contributed by atoms with Crippen molar-refractivity contribution in [2.45, 2.75) is 51.3 Å². The molecular weight excluding hydrogens is 314 g/mol. The molecule has 25 heavy (non-hydrogen) atoms. The summed E-state index contributed by atoms with van der Waals surface area (Å²) in [6, 6.07) is 17.1. The number of ether oxygens (including phenoxy) is 1.